The topological polar surface area (TPSA) is 43.7 Å². The number of fused-ring (bicyclic) bond motifs is 1. The fourth-order valence-electron chi connectivity index (χ4n) is 3.18. The van der Waals surface area contributed by atoms with Gasteiger partial charge in [-0.25, -0.2) is 0 Å². The summed E-state index contributed by atoms with van der Waals surface area (Å²) >= 11 is 0. The second kappa shape index (κ2) is 6.62. The van der Waals surface area contributed by atoms with Crippen molar-refractivity contribution in [1.29, 1.82) is 0 Å². The summed E-state index contributed by atoms with van der Waals surface area (Å²) in [4.78, 5) is 14.5. The highest BCUT2D eigenvalue weighted by atomic mass is 16.5. The highest BCUT2D eigenvalue weighted by Crippen LogP contribution is 2.24. The van der Waals surface area contributed by atoms with Gasteiger partial charge in [0.25, 0.3) is 5.91 Å². The van der Waals surface area contributed by atoms with E-state index in [4.69, 9.17) is 9.47 Å². The van der Waals surface area contributed by atoms with Crippen molar-refractivity contribution in [2.45, 2.75) is 25.4 Å². The van der Waals surface area contributed by atoms with Crippen LogP contribution in [0.1, 0.15) is 29.8 Å². The monoisotopic (exact) mass is 316 g/mol. The first-order chi connectivity index (χ1) is 11.1. The average Bonchev–Trinajstić information content (AvgIpc) is 2.91. The van der Waals surface area contributed by atoms with E-state index in [0.29, 0.717) is 12.2 Å². The van der Waals surface area contributed by atoms with Gasteiger partial charge in [-0.15, -0.1) is 0 Å². The lowest BCUT2D eigenvalue weighted by Crippen LogP contribution is -2.37. The van der Waals surface area contributed by atoms with Gasteiger partial charge in [0.15, 0.2) is 0 Å². The van der Waals surface area contributed by atoms with Crippen LogP contribution in [-0.2, 0) is 11.8 Å². The fraction of sp³-hybridized carbons (Fsp3) is 0.500. The second-order valence-electron chi connectivity index (χ2n) is 6.19. The van der Waals surface area contributed by atoms with Gasteiger partial charge in [-0.05, 0) is 37.5 Å². The molecule has 0 spiro atoms. The van der Waals surface area contributed by atoms with Gasteiger partial charge in [0.05, 0.1) is 18.7 Å². The molecule has 1 unspecified atom stereocenters. The molecule has 2 aromatic rings. The standard InChI is InChI=1S/C18H24N2O3/c1-19(12-15-6-4-5-9-23-15)18(21)17-10-13-7-8-14(22-3)11-16(13)20(17)2/h7-8,10-11,15H,4-6,9,12H2,1-3H3. The van der Waals surface area contributed by atoms with E-state index < -0.39 is 0 Å². The summed E-state index contributed by atoms with van der Waals surface area (Å²) in [5, 5.41) is 1.04. The molecule has 1 saturated heterocycles. The van der Waals surface area contributed by atoms with Crippen molar-refractivity contribution in [3.8, 4) is 5.75 Å². The van der Waals surface area contributed by atoms with Crippen LogP contribution in [-0.4, -0.2) is 48.8 Å². The number of nitrogens with zero attached hydrogens (tertiary/aromatic N) is 2. The maximum absolute atomic E-state index is 12.8. The van der Waals surface area contributed by atoms with Crippen LogP contribution in [0.15, 0.2) is 24.3 Å². The molecule has 2 heterocycles. The van der Waals surface area contributed by atoms with Crippen molar-refractivity contribution in [1.82, 2.24) is 9.47 Å². The quantitative estimate of drug-likeness (QED) is 0.871. The second-order valence-corrected chi connectivity index (χ2v) is 6.19. The average molecular weight is 316 g/mol. The van der Waals surface area contributed by atoms with Gasteiger partial charge in [0.2, 0.25) is 0 Å². The van der Waals surface area contributed by atoms with Gasteiger partial charge in [-0.3, -0.25) is 4.79 Å². The van der Waals surface area contributed by atoms with Crippen LogP contribution >= 0.6 is 0 Å². The third kappa shape index (κ3) is 3.20. The Kier molecular flexibility index (Phi) is 4.57. The largest absolute Gasteiger partial charge is 0.497 e. The van der Waals surface area contributed by atoms with Crippen molar-refractivity contribution in [3.63, 3.8) is 0 Å². The van der Waals surface area contributed by atoms with Gasteiger partial charge in [0.1, 0.15) is 11.4 Å². The van der Waals surface area contributed by atoms with E-state index in [1.807, 2.05) is 42.9 Å². The Morgan fingerprint density at radius 2 is 2.22 bits per heavy atom. The van der Waals surface area contributed by atoms with Crippen LogP contribution in [0.3, 0.4) is 0 Å². The molecule has 1 amide bonds. The van der Waals surface area contributed by atoms with Gasteiger partial charge in [0, 0.05) is 38.7 Å². The smallest absolute Gasteiger partial charge is 0.270 e. The summed E-state index contributed by atoms with van der Waals surface area (Å²) in [5.74, 6) is 0.818. The lowest BCUT2D eigenvalue weighted by atomic mass is 10.1. The summed E-state index contributed by atoms with van der Waals surface area (Å²) in [6.07, 6.45) is 3.50. The molecule has 1 fully saturated rings. The molecule has 124 valence electrons. The lowest BCUT2D eigenvalue weighted by Gasteiger charge is -2.27. The zero-order valence-electron chi connectivity index (χ0n) is 14.0. The number of carbonyl (C=O) groups excluding carboxylic acids is 1. The normalized spacial score (nSPS) is 18.1. The number of amides is 1. The molecule has 1 aromatic heterocycles. The van der Waals surface area contributed by atoms with E-state index in [2.05, 4.69) is 0 Å². The van der Waals surface area contributed by atoms with Gasteiger partial charge in [-0.2, -0.15) is 0 Å². The molecule has 0 radical (unpaired) electrons. The molecule has 0 aliphatic carbocycles. The van der Waals surface area contributed by atoms with Crippen LogP contribution in [0, 0.1) is 0 Å². The van der Waals surface area contributed by atoms with Crippen LogP contribution < -0.4 is 4.74 Å². The van der Waals surface area contributed by atoms with E-state index >= 15 is 0 Å². The summed E-state index contributed by atoms with van der Waals surface area (Å²) in [6.45, 7) is 1.45. The molecule has 1 aliphatic rings. The van der Waals surface area contributed by atoms with Crippen molar-refractivity contribution >= 4 is 16.8 Å². The first kappa shape index (κ1) is 15.9. The molecule has 1 atom stereocenters. The van der Waals surface area contributed by atoms with E-state index in [9.17, 15) is 4.79 Å². The van der Waals surface area contributed by atoms with Crippen molar-refractivity contribution in [2.75, 3.05) is 27.3 Å². The minimum Gasteiger partial charge on any atom is -0.497 e. The minimum atomic E-state index is 0.0249. The molecule has 0 bridgehead atoms. The van der Waals surface area contributed by atoms with Gasteiger partial charge in [-0.1, -0.05) is 0 Å². The van der Waals surface area contributed by atoms with Crippen molar-refractivity contribution in [3.05, 3.63) is 30.0 Å². The number of aryl methyl sites for hydroxylation is 1. The van der Waals surface area contributed by atoms with Crippen LogP contribution in [0.4, 0.5) is 0 Å². The first-order valence-electron chi connectivity index (χ1n) is 8.10. The Balaban J connectivity index is 1.80. The SMILES string of the molecule is COc1ccc2cc(C(=O)N(C)CC3CCCCO3)n(C)c2c1. The maximum atomic E-state index is 12.8. The highest BCUT2D eigenvalue weighted by molar-refractivity contribution is 5.98. The molecule has 5 nitrogen and oxygen atoms in total. The maximum Gasteiger partial charge on any atom is 0.270 e. The molecular weight excluding hydrogens is 292 g/mol. The lowest BCUT2D eigenvalue weighted by molar-refractivity contribution is -0.000345. The molecule has 1 aliphatic heterocycles. The molecule has 0 saturated carbocycles. The molecule has 3 rings (SSSR count). The fourth-order valence-corrected chi connectivity index (χ4v) is 3.18. The number of hydrogen-bond donors (Lipinski definition) is 0. The van der Waals surface area contributed by atoms with E-state index in [1.54, 1.807) is 12.0 Å². The number of benzene rings is 1. The summed E-state index contributed by atoms with van der Waals surface area (Å²) < 4.78 is 12.9. The van der Waals surface area contributed by atoms with Crippen LogP contribution in [0.5, 0.6) is 5.75 Å². The van der Waals surface area contributed by atoms with Crippen LogP contribution in [0.2, 0.25) is 0 Å². The number of hydrogen-bond acceptors (Lipinski definition) is 3. The van der Waals surface area contributed by atoms with Crippen molar-refractivity contribution in [2.24, 2.45) is 7.05 Å². The van der Waals surface area contributed by atoms with Gasteiger partial charge >= 0.3 is 0 Å². The third-order valence-corrected chi connectivity index (χ3v) is 4.57. The molecule has 0 N–H and O–H groups in total. The number of rotatable bonds is 4. The summed E-state index contributed by atoms with van der Waals surface area (Å²) in [7, 11) is 5.41. The Labute approximate surface area is 136 Å². The van der Waals surface area contributed by atoms with Crippen molar-refractivity contribution < 1.29 is 14.3 Å². The number of carbonyl (C=O) groups is 1. The Bertz CT molecular complexity index is 702. The minimum absolute atomic E-state index is 0.0249. The number of ether oxygens (including phenoxy) is 2. The Hall–Kier alpha value is -2.01. The highest BCUT2D eigenvalue weighted by Gasteiger charge is 2.22. The van der Waals surface area contributed by atoms with E-state index in [1.165, 1.54) is 6.42 Å². The van der Waals surface area contributed by atoms with Crippen LogP contribution in [0.25, 0.3) is 10.9 Å². The summed E-state index contributed by atoms with van der Waals surface area (Å²) in [6, 6.07) is 7.79. The predicted octanol–water partition coefficient (Wildman–Crippen LogP) is 2.83. The Morgan fingerprint density at radius 3 is 2.91 bits per heavy atom. The predicted molar refractivity (Wildman–Crippen MR) is 90.0 cm³/mol. The molecule has 1 aromatic carbocycles. The third-order valence-electron chi connectivity index (χ3n) is 4.57. The van der Waals surface area contributed by atoms with E-state index in [0.717, 1.165) is 36.1 Å². The Morgan fingerprint density at radius 1 is 1.39 bits per heavy atom. The number of aromatic nitrogens is 1. The zero-order chi connectivity index (χ0) is 16.4. The zero-order valence-corrected chi connectivity index (χ0v) is 14.0. The number of likely N-dealkylation sites (N-methyl/N-ethyl adjacent to an activating group) is 1. The van der Waals surface area contributed by atoms with E-state index in [-0.39, 0.29) is 12.0 Å². The molecule has 5 heteroatoms. The van der Waals surface area contributed by atoms with Gasteiger partial charge < -0.3 is 18.9 Å². The molecular formula is C18H24N2O3. The first-order valence-corrected chi connectivity index (χ1v) is 8.10. The molecule has 23 heavy (non-hydrogen) atoms. The summed E-state index contributed by atoms with van der Waals surface area (Å²) in [5.41, 5.74) is 1.68. The number of methoxy groups -OCH3 is 1.